The molecule has 3 nitrogen and oxygen atoms in total. The Morgan fingerprint density at radius 1 is 1.59 bits per heavy atom. The van der Waals surface area contributed by atoms with Gasteiger partial charge < -0.3 is 4.90 Å². The Morgan fingerprint density at radius 2 is 2.29 bits per heavy atom. The van der Waals surface area contributed by atoms with E-state index in [2.05, 4.69) is 22.6 Å². The van der Waals surface area contributed by atoms with E-state index < -0.39 is 0 Å². The summed E-state index contributed by atoms with van der Waals surface area (Å²) < 4.78 is 0.906. The minimum Gasteiger partial charge on any atom is -0.325 e. The van der Waals surface area contributed by atoms with Gasteiger partial charge in [0.1, 0.15) is 6.54 Å². The number of halogens is 2. The Bertz CT molecular complexity index is 456. The number of hydrogen-bond donors (Lipinski definition) is 0. The number of nitriles is 1. The summed E-state index contributed by atoms with van der Waals surface area (Å²) in [7, 11) is 0. The molecule has 0 aliphatic heterocycles. The van der Waals surface area contributed by atoms with Crippen LogP contribution in [0.1, 0.15) is 23.7 Å². The summed E-state index contributed by atoms with van der Waals surface area (Å²) in [5, 5.41) is 9.25. The van der Waals surface area contributed by atoms with E-state index in [0.29, 0.717) is 17.1 Å². The third-order valence-corrected chi connectivity index (χ3v) is 3.78. The molecule has 17 heavy (non-hydrogen) atoms. The number of hydrogen-bond acceptors (Lipinski definition) is 2. The summed E-state index contributed by atoms with van der Waals surface area (Å²) in [6.45, 7) is 2.66. The van der Waals surface area contributed by atoms with Crippen molar-refractivity contribution in [3.63, 3.8) is 0 Å². The molecule has 0 atom stereocenters. The van der Waals surface area contributed by atoms with Crippen LogP contribution < -0.4 is 0 Å². The molecule has 0 bridgehead atoms. The van der Waals surface area contributed by atoms with Crippen LogP contribution in [-0.4, -0.2) is 23.9 Å². The van der Waals surface area contributed by atoms with Crippen LogP contribution in [0, 0.1) is 14.9 Å². The minimum atomic E-state index is -0.147. The second kappa shape index (κ2) is 6.82. The second-order valence-electron chi connectivity index (χ2n) is 3.51. The molecule has 1 aromatic rings. The lowest BCUT2D eigenvalue weighted by Gasteiger charge is -2.18. The molecule has 0 aromatic heterocycles. The van der Waals surface area contributed by atoms with Crippen LogP contribution in [0.5, 0.6) is 0 Å². The third-order valence-electron chi connectivity index (χ3n) is 2.21. The zero-order valence-corrected chi connectivity index (χ0v) is 12.3. The molecular formula is C12H12ClIN2O. The molecule has 1 rings (SSSR count). The van der Waals surface area contributed by atoms with Gasteiger partial charge in [0.15, 0.2) is 0 Å². The van der Waals surface area contributed by atoms with Crippen molar-refractivity contribution in [1.82, 2.24) is 4.90 Å². The summed E-state index contributed by atoms with van der Waals surface area (Å²) in [5.41, 5.74) is 0.527. The van der Waals surface area contributed by atoms with Gasteiger partial charge in [-0.2, -0.15) is 5.26 Å². The summed E-state index contributed by atoms with van der Waals surface area (Å²) in [6.07, 6.45) is 0.825. The van der Waals surface area contributed by atoms with E-state index in [-0.39, 0.29) is 12.5 Å². The highest BCUT2D eigenvalue weighted by Gasteiger charge is 2.15. The van der Waals surface area contributed by atoms with Crippen molar-refractivity contribution < 1.29 is 4.79 Å². The van der Waals surface area contributed by atoms with Crippen molar-refractivity contribution in [2.45, 2.75) is 13.3 Å². The van der Waals surface area contributed by atoms with E-state index in [1.54, 1.807) is 18.2 Å². The van der Waals surface area contributed by atoms with Gasteiger partial charge in [0.2, 0.25) is 0 Å². The predicted molar refractivity (Wildman–Crippen MR) is 76.0 cm³/mol. The largest absolute Gasteiger partial charge is 0.325 e. The van der Waals surface area contributed by atoms with Crippen molar-refractivity contribution in [2.75, 3.05) is 13.1 Å². The van der Waals surface area contributed by atoms with Gasteiger partial charge in [0.05, 0.1) is 11.1 Å². The molecule has 0 heterocycles. The fraction of sp³-hybridized carbons (Fsp3) is 0.333. The second-order valence-corrected chi connectivity index (χ2v) is 5.08. The minimum absolute atomic E-state index is 0.107. The van der Waals surface area contributed by atoms with E-state index in [1.807, 2.05) is 13.0 Å². The van der Waals surface area contributed by atoms with E-state index >= 15 is 0 Å². The monoisotopic (exact) mass is 362 g/mol. The fourth-order valence-corrected chi connectivity index (χ4v) is 1.94. The van der Waals surface area contributed by atoms with Crippen molar-refractivity contribution in [3.05, 3.63) is 32.4 Å². The molecule has 0 saturated heterocycles. The molecule has 0 unspecified atom stereocenters. The first-order valence-corrected chi connectivity index (χ1v) is 6.67. The number of nitrogens with zero attached hydrogens (tertiary/aromatic N) is 2. The summed E-state index contributed by atoms with van der Waals surface area (Å²) in [6, 6.07) is 7.17. The van der Waals surface area contributed by atoms with Crippen LogP contribution in [0.2, 0.25) is 5.02 Å². The first-order valence-electron chi connectivity index (χ1n) is 5.21. The number of carbonyl (C=O) groups is 1. The average Bonchev–Trinajstić information content (AvgIpc) is 2.31. The molecule has 0 spiro atoms. The number of carbonyl (C=O) groups excluding carboxylic acids is 1. The smallest absolute Gasteiger partial charge is 0.254 e. The lowest BCUT2D eigenvalue weighted by molar-refractivity contribution is 0.0776. The molecule has 1 aromatic carbocycles. The SMILES string of the molecule is CCCN(CC#N)C(=O)c1ccc(I)c(Cl)c1. The third kappa shape index (κ3) is 3.86. The van der Waals surface area contributed by atoms with Crippen molar-refractivity contribution in [2.24, 2.45) is 0 Å². The standard InChI is InChI=1S/C12H12ClIN2O/c1-2-6-16(7-5-15)12(17)9-3-4-11(14)10(13)8-9/h3-4,8H,2,6-7H2,1H3. The van der Waals surface area contributed by atoms with Gasteiger partial charge in [0, 0.05) is 15.7 Å². The van der Waals surface area contributed by atoms with Gasteiger partial charge in [-0.05, 0) is 47.2 Å². The predicted octanol–water partition coefficient (Wildman–Crippen LogP) is 3.32. The zero-order valence-electron chi connectivity index (χ0n) is 9.41. The van der Waals surface area contributed by atoms with Crippen LogP contribution in [-0.2, 0) is 0 Å². The normalized spacial score (nSPS) is 9.76. The highest BCUT2D eigenvalue weighted by molar-refractivity contribution is 14.1. The maximum atomic E-state index is 12.1. The Labute approximate surface area is 120 Å². The van der Waals surface area contributed by atoms with Crippen LogP contribution >= 0.6 is 34.2 Å². The Balaban J connectivity index is 2.93. The first kappa shape index (κ1) is 14.3. The van der Waals surface area contributed by atoms with Gasteiger partial charge in [-0.3, -0.25) is 4.79 Å². The van der Waals surface area contributed by atoms with Gasteiger partial charge in [0.25, 0.3) is 5.91 Å². The number of rotatable bonds is 4. The highest BCUT2D eigenvalue weighted by atomic mass is 127. The lowest BCUT2D eigenvalue weighted by Crippen LogP contribution is -2.32. The number of amides is 1. The van der Waals surface area contributed by atoms with Gasteiger partial charge in [-0.15, -0.1) is 0 Å². The molecule has 1 amide bonds. The van der Waals surface area contributed by atoms with Crippen molar-refractivity contribution >= 4 is 40.1 Å². The van der Waals surface area contributed by atoms with Crippen molar-refractivity contribution in [3.8, 4) is 6.07 Å². The topological polar surface area (TPSA) is 44.1 Å². The fourth-order valence-electron chi connectivity index (χ4n) is 1.42. The molecule has 0 saturated carbocycles. The maximum Gasteiger partial charge on any atom is 0.254 e. The van der Waals surface area contributed by atoms with Gasteiger partial charge in [-0.25, -0.2) is 0 Å². The summed E-state index contributed by atoms with van der Waals surface area (Å²) >= 11 is 8.08. The van der Waals surface area contributed by atoms with Crippen molar-refractivity contribution in [1.29, 1.82) is 5.26 Å². The lowest BCUT2D eigenvalue weighted by atomic mass is 10.2. The molecule has 0 radical (unpaired) electrons. The molecule has 90 valence electrons. The summed E-state index contributed by atoms with van der Waals surface area (Å²) in [4.78, 5) is 13.6. The Hall–Kier alpha value is -0.800. The van der Waals surface area contributed by atoms with E-state index in [0.717, 1.165) is 9.99 Å². The summed E-state index contributed by atoms with van der Waals surface area (Å²) in [5.74, 6) is -0.147. The average molecular weight is 363 g/mol. The van der Waals surface area contributed by atoms with Crippen LogP contribution in [0.25, 0.3) is 0 Å². The molecule has 0 N–H and O–H groups in total. The van der Waals surface area contributed by atoms with E-state index in [4.69, 9.17) is 16.9 Å². The molecule has 0 fully saturated rings. The van der Waals surface area contributed by atoms with E-state index in [1.165, 1.54) is 4.90 Å². The highest BCUT2D eigenvalue weighted by Crippen LogP contribution is 2.20. The molecule has 5 heteroatoms. The number of benzene rings is 1. The molecular weight excluding hydrogens is 351 g/mol. The van der Waals surface area contributed by atoms with Crippen LogP contribution in [0.3, 0.4) is 0 Å². The van der Waals surface area contributed by atoms with Crippen LogP contribution in [0.15, 0.2) is 18.2 Å². The first-order chi connectivity index (χ1) is 8.10. The molecule has 0 aliphatic rings. The zero-order chi connectivity index (χ0) is 12.8. The Morgan fingerprint density at radius 3 is 2.82 bits per heavy atom. The molecule has 0 aliphatic carbocycles. The van der Waals surface area contributed by atoms with Crippen LogP contribution in [0.4, 0.5) is 0 Å². The Kier molecular flexibility index (Phi) is 5.72. The maximum absolute atomic E-state index is 12.1. The quantitative estimate of drug-likeness (QED) is 0.609. The van der Waals surface area contributed by atoms with Gasteiger partial charge in [-0.1, -0.05) is 18.5 Å². The van der Waals surface area contributed by atoms with Gasteiger partial charge >= 0.3 is 0 Å². The van der Waals surface area contributed by atoms with E-state index in [9.17, 15) is 4.79 Å².